The molecule has 5 rings (SSSR count). The van der Waals surface area contributed by atoms with Crippen molar-refractivity contribution in [3.63, 3.8) is 0 Å². The largest absolute Gasteiger partial charge is 0.459 e. The van der Waals surface area contributed by atoms with Crippen LogP contribution in [0.15, 0.2) is 0 Å². The number of rotatable bonds is 7. The molecule has 11 atom stereocenters. The number of esters is 2. The molecular weight excluding hydrogens is 452 g/mol. The zero-order chi connectivity index (χ0) is 26.2. The van der Waals surface area contributed by atoms with Crippen molar-refractivity contribution in [2.75, 3.05) is 0 Å². The van der Waals surface area contributed by atoms with Crippen LogP contribution in [0.1, 0.15) is 106 Å². The van der Waals surface area contributed by atoms with Crippen molar-refractivity contribution in [1.82, 2.24) is 0 Å². The molecule has 5 fully saturated rings. The minimum atomic E-state index is -0.442. The molecule has 5 aliphatic rings. The highest BCUT2D eigenvalue weighted by atomic mass is 16.6. The minimum absolute atomic E-state index is 0.0295. The van der Waals surface area contributed by atoms with Crippen LogP contribution >= 0.6 is 0 Å². The first-order chi connectivity index (χ1) is 16.8. The SMILES string of the molecule is CC(=O)O[C@H]([C@@H](C)[C@H]1CC[C@H]2[C@@H]3CC(=O)[C@]45C[C@H]4CC[C@]5(C)[C@H]3CC[C@]12C)[C@@H](CC(C)C)OC(C)=O. The van der Waals surface area contributed by atoms with Crippen LogP contribution in [0.3, 0.4) is 0 Å². The maximum atomic E-state index is 13.6. The lowest BCUT2D eigenvalue weighted by Gasteiger charge is -2.58. The van der Waals surface area contributed by atoms with Gasteiger partial charge in [-0.25, -0.2) is 0 Å². The quantitative estimate of drug-likeness (QED) is 0.380. The van der Waals surface area contributed by atoms with Crippen molar-refractivity contribution >= 4 is 17.7 Å². The first-order valence-electron chi connectivity index (χ1n) is 14.7. The highest BCUT2D eigenvalue weighted by Crippen LogP contribution is 2.80. The third-order valence-electron chi connectivity index (χ3n) is 12.2. The van der Waals surface area contributed by atoms with Crippen LogP contribution in [0.5, 0.6) is 0 Å². The summed E-state index contributed by atoms with van der Waals surface area (Å²) in [6.07, 6.45) is 8.90. The Morgan fingerprint density at radius 1 is 0.944 bits per heavy atom. The molecule has 0 aromatic heterocycles. The fourth-order valence-electron chi connectivity index (χ4n) is 10.8. The zero-order valence-corrected chi connectivity index (χ0v) is 23.6. The maximum Gasteiger partial charge on any atom is 0.303 e. The lowest BCUT2D eigenvalue weighted by molar-refractivity contribution is -0.176. The van der Waals surface area contributed by atoms with E-state index in [1.54, 1.807) is 0 Å². The van der Waals surface area contributed by atoms with Crippen LogP contribution in [0.4, 0.5) is 0 Å². The molecule has 0 unspecified atom stereocenters. The molecule has 1 spiro atoms. The Hall–Kier alpha value is -1.39. The van der Waals surface area contributed by atoms with Gasteiger partial charge in [0.1, 0.15) is 18.0 Å². The first kappa shape index (κ1) is 26.2. The molecule has 5 aliphatic carbocycles. The molecule has 0 heterocycles. The van der Waals surface area contributed by atoms with Crippen molar-refractivity contribution < 1.29 is 23.9 Å². The maximum absolute atomic E-state index is 13.6. The second kappa shape index (κ2) is 8.83. The van der Waals surface area contributed by atoms with Gasteiger partial charge in [-0.1, -0.05) is 34.6 Å². The molecule has 0 saturated heterocycles. The third-order valence-corrected chi connectivity index (χ3v) is 12.2. The van der Waals surface area contributed by atoms with Gasteiger partial charge in [-0.05, 0) is 97.7 Å². The normalized spacial score (nSPS) is 45.1. The number of ether oxygens (including phenoxy) is 2. The first-order valence-corrected chi connectivity index (χ1v) is 14.7. The molecule has 0 radical (unpaired) electrons. The van der Waals surface area contributed by atoms with Gasteiger partial charge in [0, 0.05) is 31.6 Å². The van der Waals surface area contributed by atoms with E-state index in [4.69, 9.17) is 9.47 Å². The number of carbonyl (C=O) groups is 3. The Balaban J connectivity index is 1.41. The highest BCUT2D eigenvalue weighted by molar-refractivity contribution is 5.91. The number of fused-ring (bicyclic) bond motifs is 4. The third kappa shape index (κ3) is 3.72. The van der Waals surface area contributed by atoms with Crippen molar-refractivity contribution in [3.05, 3.63) is 0 Å². The molecule has 0 aromatic carbocycles. The molecule has 0 aliphatic heterocycles. The molecule has 0 N–H and O–H groups in total. The van der Waals surface area contributed by atoms with Gasteiger partial charge in [-0.3, -0.25) is 14.4 Å². The van der Waals surface area contributed by atoms with Gasteiger partial charge in [0.05, 0.1) is 0 Å². The fourth-order valence-corrected chi connectivity index (χ4v) is 10.8. The molecule has 202 valence electrons. The van der Waals surface area contributed by atoms with E-state index >= 15 is 0 Å². The van der Waals surface area contributed by atoms with E-state index in [2.05, 4.69) is 34.6 Å². The predicted octanol–water partition coefficient (Wildman–Crippen LogP) is 6.37. The molecule has 0 bridgehead atoms. The Bertz CT molecular complexity index is 926. The predicted molar refractivity (Wildman–Crippen MR) is 138 cm³/mol. The average Bonchev–Trinajstić information content (AvgIpc) is 3.30. The monoisotopic (exact) mass is 500 g/mol. The van der Waals surface area contributed by atoms with E-state index in [1.165, 1.54) is 39.5 Å². The summed E-state index contributed by atoms with van der Waals surface area (Å²) < 4.78 is 11.7. The van der Waals surface area contributed by atoms with Gasteiger partial charge in [-0.15, -0.1) is 0 Å². The van der Waals surface area contributed by atoms with Gasteiger partial charge < -0.3 is 9.47 Å². The Morgan fingerprint density at radius 2 is 1.64 bits per heavy atom. The Morgan fingerprint density at radius 3 is 2.25 bits per heavy atom. The highest BCUT2D eigenvalue weighted by Gasteiger charge is 2.77. The van der Waals surface area contributed by atoms with Crippen LogP contribution in [0, 0.1) is 57.7 Å². The number of hydrogen-bond acceptors (Lipinski definition) is 5. The summed E-state index contributed by atoms with van der Waals surface area (Å²) in [6, 6.07) is 0. The lowest BCUT2D eigenvalue weighted by atomic mass is 9.45. The summed E-state index contributed by atoms with van der Waals surface area (Å²) in [5.41, 5.74) is 0.364. The lowest BCUT2D eigenvalue weighted by Crippen LogP contribution is -2.56. The standard InChI is InChI=1S/C31H48O5/c1-17(2)14-26(35-19(4)32)28(36-20(5)33)18(3)23-8-9-24-22-15-27(34)31-16-21(31)10-13-30(31,7)25(22)11-12-29(23,24)6/h17-18,21-26,28H,8-16H2,1-7H3/t18-,21+,22-,23+,24-,25-,26+,28+,29+,30+,31-/m0/s1. The average molecular weight is 501 g/mol. The summed E-state index contributed by atoms with van der Waals surface area (Å²) in [5, 5.41) is 0. The molecule has 0 amide bonds. The Kier molecular flexibility index (Phi) is 6.44. The summed E-state index contributed by atoms with van der Waals surface area (Å²) >= 11 is 0. The summed E-state index contributed by atoms with van der Waals surface area (Å²) in [4.78, 5) is 37.8. The van der Waals surface area contributed by atoms with E-state index in [-0.39, 0.29) is 34.1 Å². The molecule has 5 heteroatoms. The van der Waals surface area contributed by atoms with Gasteiger partial charge in [0.25, 0.3) is 0 Å². The van der Waals surface area contributed by atoms with Gasteiger partial charge in [0.2, 0.25) is 0 Å². The number of carbonyl (C=O) groups excluding carboxylic acids is 3. The van der Waals surface area contributed by atoms with Crippen LogP contribution in [-0.2, 0) is 23.9 Å². The van der Waals surface area contributed by atoms with Gasteiger partial charge in [0.15, 0.2) is 0 Å². The van der Waals surface area contributed by atoms with Crippen LogP contribution < -0.4 is 0 Å². The van der Waals surface area contributed by atoms with Crippen LogP contribution in [-0.4, -0.2) is 29.9 Å². The Labute approximate surface area is 217 Å². The minimum Gasteiger partial charge on any atom is -0.459 e. The topological polar surface area (TPSA) is 69.7 Å². The zero-order valence-electron chi connectivity index (χ0n) is 23.6. The summed E-state index contributed by atoms with van der Waals surface area (Å²) in [7, 11) is 0. The van der Waals surface area contributed by atoms with E-state index in [0.29, 0.717) is 47.7 Å². The second-order valence-electron chi connectivity index (χ2n) is 14.3. The van der Waals surface area contributed by atoms with Gasteiger partial charge >= 0.3 is 11.9 Å². The van der Waals surface area contributed by atoms with E-state index in [0.717, 1.165) is 25.7 Å². The molecule has 0 aromatic rings. The van der Waals surface area contributed by atoms with Crippen molar-refractivity contribution in [2.45, 2.75) is 118 Å². The van der Waals surface area contributed by atoms with Crippen molar-refractivity contribution in [3.8, 4) is 0 Å². The van der Waals surface area contributed by atoms with Crippen molar-refractivity contribution in [2.24, 2.45) is 57.7 Å². The molecule has 5 nitrogen and oxygen atoms in total. The van der Waals surface area contributed by atoms with E-state index < -0.39 is 12.2 Å². The fraction of sp³-hybridized carbons (Fsp3) is 0.903. The second-order valence-corrected chi connectivity index (χ2v) is 14.3. The van der Waals surface area contributed by atoms with Crippen LogP contribution in [0.2, 0.25) is 0 Å². The van der Waals surface area contributed by atoms with E-state index in [9.17, 15) is 14.4 Å². The molecule has 36 heavy (non-hydrogen) atoms. The van der Waals surface area contributed by atoms with Gasteiger partial charge in [-0.2, -0.15) is 0 Å². The van der Waals surface area contributed by atoms with E-state index in [1.807, 2.05) is 0 Å². The van der Waals surface area contributed by atoms with Crippen molar-refractivity contribution in [1.29, 1.82) is 0 Å². The smallest absolute Gasteiger partial charge is 0.303 e. The van der Waals surface area contributed by atoms with Crippen LogP contribution in [0.25, 0.3) is 0 Å². The molecule has 5 saturated carbocycles. The molecular formula is C31H48O5. The number of hydrogen-bond donors (Lipinski definition) is 0. The number of Topliss-reactive ketones (excluding diaryl/α,β-unsaturated/α-hetero) is 1. The number of ketones is 1. The summed E-state index contributed by atoms with van der Waals surface area (Å²) in [6.45, 7) is 14.3. The summed E-state index contributed by atoms with van der Waals surface area (Å²) in [5.74, 6) is 3.13.